The van der Waals surface area contributed by atoms with Crippen LogP contribution < -0.4 is 4.90 Å². The van der Waals surface area contributed by atoms with Gasteiger partial charge in [0.25, 0.3) is 0 Å². The first kappa shape index (κ1) is 32.0. The fourth-order valence-corrected chi connectivity index (χ4v) is 9.07. The Kier molecular flexibility index (Phi) is 8.09. The van der Waals surface area contributed by atoms with E-state index in [2.05, 4.69) is 217 Å². The molecule has 54 heavy (non-hydrogen) atoms. The molecule has 0 bridgehead atoms. The monoisotopic (exact) mass is 705 g/mol. The van der Waals surface area contributed by atoms with E-state index in [4.69, 9.17) is 0 Å². The topological polar surface area (TPSA) is 3.24 Å². The number of anilines is 3. The molecule has 0 aliphatic carbocycles. The van der Waals surface area contributed by atoms with E-state index in [1.807, 2.05) is 11.3 Å². The van der Waals surface area contributed by atoms with Crippen LogP contribution in [0.3, 0.4) is 0 Å². The van der Waals surface area contributed by atoms with Gasteiger partial charge >= 0.3 is 0 Å². The number of thiophene rings is 1. The largest absolute Gasteiger partial charge is 0.309 e. The summed E-state index contributed by atoms with van der Waals surface area (Å²) in [4.78, 5) is 2.45. The summed E-state index contributed by atoms with van der Waals surface area (Å²) < 4.78 is 2.56. The maximum Gasteiger partial charge on any atom is 0.0646 e. The predicted molar refractivity (Wildman–Crippen MR) is 233 cm³/mol. The normalized spacial score (nSPS) is 11.3. The zero-order valence-corrected chi connectivity index (χ0v) is 30.4. The SMILES string of the molecule is c1ccc(-c2ccc(-c3cccc4sc5c(N(c6ccc(-c7ccccc7)cc6)c6ccc(-c7ccccc7)cc6)cc6ccccc6c5c34)cc2)cc1. The number of fused-ring (bicyclic) bond motifs is 5. The van der Waals surface area contributed by atoms with Crippen molar-refractivity contribution >= 4 is 59.3 Å². The van der Waals surface area contributed by atoms with Crippen molar-refractivity contribution in [1.29, 1.82) is 0 Å². The maximum atomic E-state index is 2.45. The van der Waals surface area contributed by atoms with Crippen molar-refractivity contribution in [2.45, 2.75) is 0 Å². The van der Waals surface area contributed by atoms with Crippen LogP contribution in [0.5, 0.6) is 0 Å². The standard InChI is InChI=1S/C52H35NS/c1-4-13-36(14-5-1)39-23-25-42(26-24-39)46-21-12-22-49-50(46)51-47-20-11-10-19-43(47)35-48(52(51)54-49)53(44-31-27-40(28-32-44)37-15-6-2-7-16-37)45-33-29-41(30-34-45)38-17-8-3-9-18-38/h1-35H. The summed E-state index contributed by atoms with van der Waals surface area (Å²) in [5, 5.41) is 5.11. The van der Waals surface area contributed by atoms with Crippen LogP contribution in [0.2, 0.25) is 0 Å². The third-order valence-corrected chi connectivity index (χ3v) is 11.7. The van der Waals surface area contributed by atoms with Crippen LogP contribution in [-0.4, -0.2) is 0 Å². The van der Waals surface area contributed by atoms with Crippen molar-refractivity contribution in [3.05, 3.63) is 212 Å². The van der Waals surface area contributed by atoms with Crippen LogP contribution in [0.25, 0.3) is 75.5 Å². The summed E-state index contributed by atoms with van der Waals surface area (Å²) in [6, 6.07) is 77.0. The molecular formula is C52H35NS. The zero-order valence-electron chi connectivity index (χ0n) is 29.6. The van der Waals surface area contributed by atoms with Crippen molar-refractivity contribution in [3.63, 3.8) is 0 Å². The van der Waals surface area contributed by atoms with Gasteiger partial charge in [-0.2, -0.15) is 0 Å². The van der Waals surface area contributed by atoms with Gasteiger partial charge in [-0.1, -0.05) is 176 Å². The van der Waals surface area contributed by atoms with Gasteiger partial charge in [-0.15, -0.1) is 11.3 Å². The molecule has 0 aliphatic heterocycles. The lowest BCUT2D eigenvalue weighted by Crippen LogP contribution is -2.10. The molecule has 10 rings (SSSR count). The van der Waals surface area contributed by atoms with Crippen LogP contribution in [0.1, 0.15) is 0 Å². The fourth-order valence-electron chi connectivity index (χ4n) is 7.82. The molecule has 10 aromatic rings. The molecule has 0 saturated carbocycles. The molecule has 0 aliphatic rings. The summed E-state index contributed by atoms with van der Waals surface area (Å²) in [5.74, 6) is 0. The Morgan fingerprint density at radius 3 is 1.31 bits per heavy atom. The second kappa shape index (κ2) is 13.7. The molecule has 0 radical (unpaired) electrons. The molecule has 0 unspecified atom stereocenters. The van der Waals surface area contributed by atoms with Gasteiger partial charge in [-0.3, -0.25) is 0 Å². The van der Waals surface area contributed by atoms with Crippen molar-refractivity contribution in [3.8, 4) is 44.5 Å². The highest BCUT2D eigenvalue weighted by Crippen LogP contribution is 2.50. The summed E-state index contributed by atoms with van der Waals surface area (Å²) >= 11 is 1.89. The Bertz CT molecular complexity index is 2790. The molecule has 9 aromatic carbocycles. The second-order valence-electron chi connectivity index (χ2n) is 13.7. The maximum absolute atomic E-state index is 2.45. The Morgan fingerprint density at radius 1 is 0.333 bits per heavy atom. The third kappa shape index (κ3) is 5.74. The minimum absolute atomic E-state index is 1.12. The highest BCUT2D eigenvalue weighted by Gasteiger charge is 2.22. The lowest BCUT2D eigenvalue weighted by Gasteiger charge is -2.27. The van der Waals surface area contributed by atoms with E-state index in [9.17, 15) is 0 Å². The number of hydrogen-bond acceptors (Lipinski definition) is 2. The molecule has 0 N–H and O–H groups in total. The Labute approximate surface area is 319 Å². The highest BCUT2D eigenvalue weighted by atomic mass is 32.1. The Morgan fingerprint density at radius 2 is 0.778 bits per heavy atom. The van der Waals surface area contributed by atoms with Gasteiger partial charge in [0.05, 0.1) is 10.4 Å². The van der Waals surface area contributed by atoms with Gasteiger partial charge < -0.3 is 4.90 Å². The van der Waals surface area contributed by atoms with Gasteiger partial charge in [0.15, 0.2) is 0 Å². The smallest absolute Gasteiger partial charge is 0.0646 e. The summed E-state index contributed by atoms with van der Waals surface area (Å²) in [6.07, 6.45) is 0. The van der Waals surface area contributed by atoms with E-state index in [-0.39, 0.29) is 0 Å². The average molecular weight is 706 g/mol. The quantitative estimate of drug-likeness (QED) is 0.160. The molecule has 0 spiro atoms. The zero-order chi connectivity index (χ0) is 35.8. The average Bonchev–Trinajstić information content (AvgIpc) is 3.66. The van der Waals surface area contributed by atoms with Crippen LogP contribution in [-0.2, 0) is 0 Å². The summed E-state index contributed by atoms with van der Waals surface area (Å²) in [5.41, 5.74) is 13.2. The van der Waals surface area contributed by atoms with E-state index in [1.54, 1.807) is 0 Å². The van der Waals surface area contributed by atoms with Crippen LogP contribution in [0, 0.1) is 0 Å². The van der Waals surface area contributed by atoms with Gasteiger partial charge in [0.1, 0.15) is 0 Å². The summed E-state index contributed by atoms with van der Waals surface area (Å²) in [6.45, 7) is 0. The van der Waals surface area contributed by atoms with E-state index in [1.165, 1.54) is 81.1 Å². The van der Waals surface area contributed by atoms with E-state index < -0.39 is 0 Å². The molecule has 0 amide bonds. The summed E-state index contributed by atoms with van der Waals surface area (Å²) in [7, 11) is 0. The van der Waals surface area contributed by atoms with Gasteiger partial charge in [-0.05, 0) is 91.7 Å². The molecule has 1 aromatic heterocycles. The van der Waals surface area contributed by atoms with Crippen LogP contribution >= 0.6 is 11.3 Å². The number of nitrogens with zero attached hydrogens (tertiary/aromatic N) is 1. The minimum Gasteiger partial charge on any atom is -0.309 e. The number of benzene rings is 9. The van der Waals surface area contributed by atoms with Gasteiger partial charge in [-0.25, -0.2) is 0 Å². The number of hydrogen-bond donors (Lipinski definition) is 0. The molecule has 0 saturated heterocycles. The van der Waals surface area contributed by atoms with Crippen molar-refractivity contribution in [1.82, 2.24) is 0 Å². The first-order valence-corrected chi connectivity index (χ1v) is 19.2. The number of rotatable bonds is 7. The van der Waals surface area contributed by atoms with Gasteiger partial charge in [0, 0.05) is 26.8 Å². The van der Waals surface area contributed by atoms with Crippen LogP contribution in [0.15, 0.2) is 212 Å². The molecule has 1 heterocycles. The van der Waals surface area contributed by atoms with Crippen molar-refractivity contribution in [2.75, 3.05) is 4.90 Å². The predicted octanol–water partition coefficient (Wildman–Crippen LogP) is 15.3. The fraction of sp³-hybridized carbons (Fsp3) is 0. The second-order valence-corrected chi connectivity index (χ2v) is 14.8. The molecule has 0 fully saturated rings. The minimum atomic E-state index is 1.12. The highest BCUT2D eigenvalue weighted by molar-refractivity contribution is 7.26. The molecular weight excluding hydrogens is 671 g/mol. The molecule has 254 valence electrons. The lowest BCUT2D eigenvalue weighted by atomic mass is 9.94. The molecule has 0 atom stereocenters. The van der Waals surface area contributed by atoms with Crippen molar-refractivity contribution < 1.29 is 0 Å². The Balaban J connectivity index is 1.19. The van der Waals surface area contributed by atoms with Crippen molar-refractivity contribution in [2.24, 2.45) is 0 Å². The first-order valence-electron chi connectivity index (χ1n) is 18.4. The molecule has 1 nitrogen and oxygen atoms in total. The van der Waals surface area contributed by atoms with E-state index in [0.717, 1.165) is 11.4 Å². The lowest BCUT2D eigenvalue weighted by molar-refractivity contribution is 1.30. The van der Waals surface area contributed by atoms with E-state index in [0.29, 0.717) is 0 Å². The first-order chi connectivity index (χ1) is 26.8. The molecule has 2 heteroatoms. The van der Waals surface area contributed by atoms with Crippen LogP contribution in [0.4, 0.5) is 17.1 Å². The third-order valence-electron chi connectivity index (χ3n) is 10.5. The van der Waals surface area contributed by atoms with Gasteiger partial charge in [0.2, 0.25) is 0 Å². The van der Waals surface area contributed by atoms with E-state index >= 15 is 0 Å². The Hall–Kier alpha value is -6.74.